The van der Waals surface area contributed by atoms with Crippen LogP contribution in [-0.2, 0) is 11.3 Å². The molecule has 2 rings (SSSR count). The summed E-state index contributed by atoms with van der Waals surface area (Å²) >= 11 is 0. The van der Waals surface area contributed by atoms with Crippen LogP contribution in [0.3, 0.4) is 0 Å². The molecule has 0 unspecified atom stereocenters. The van der Waals surface area contributed by atoms with E-state index < -0.39 is 24.7 Å². The Morgan fingerprint density at radius 2 is 1.73 bits per heavy atom. The molecular weight excluding hydrogens is 399 g/mol. The van der Waals surface area contributed by atoms with Gasteiger partial charge in [-0.05, 0) is 43.8 Å². The normalized spacial score (nSPS) is 12.4. The number of hydrogen-bond acceptors (Lipinski definition) is 4. The highest BCUT2D eigenvalue weighted by atomic mass is 19.4. The van der Waals surface area contributed by atoms with Crippen LogP contribution in [0.1, 0.15) is 22.8 Å². The van der Waals surface area contributed by atoms with E-state index in [-0.39, 0.29) is 11.5 Å². The number of amides is 2. The fourth-order valence-electron chi connectivity index (χ4n) is 2.65. The summed E-state index contributed by atoms with van der Waals surface area (Å²) in [4.78, 5) is 26.1. The van der Waals surface area contributed by atoms with Crippen LogP contribution in [0.5, 0.6) is 5.75 Å². The maximum absolute atomic E-state index is 12.6. The molecule has 9 heteroatoms. The topological polar surface area (TPSA) is 70.7 Å². The van der Waals surface area contributed by atoms with Crippen molar-refractivity contribution in [2.45, 2.75) is 25.7 Å². The van der Waals surface area contributed by atoms with Gasteiger partial charge in [-0.3, -0.25) is 14.5 Å². The Bertz CT molecular complexity index is 870. The predicted octanol–water partition coefficient (Wildman–Crippen LogP) is 3.45. The van der Waals surface area contributed by atoms with Gasteiger partial charge in [0.25, 0.3) is 5.91 Å². The molecule has 0 aliphatic rings. The van der Waals surface area contributed by atoms with Gasteiger partial charge in [0.1, 0.15) is 12.3 Å². The Balaban J connectivity index is 1.93. The van der Waals surface area contributed by atoms with Crippen LogP contribution >= 0.6 is 0 Å². The summed E-state index contributed by atoms with van der Waals surface area (Å²) in [7, 11) is 3.30. The first-order chi connectivity index (χ1) is 14.1. The van der Waals surface area contributed by atoms with Gasteiger partial charge in [-0.15, -0.1) is 0 Å². The molecule has 2 N–H and O–H groups in total. The van der Waals surface area contributed by atoms with Gasteiger partial charge < -0.3 is 15.4 Å². The van der Waals surface area contributed by atoms with E-state index >= 15 is 0 Å². The second-order valence-electron chi connectivity index (χ2n) is 6.78. The molecule has 162 valence electrons. The zero-order valence-corrected chi connectivity index (χ0v) is 16.9. The minimum absolute atomic E-state index is 0.132. The molecule has 0 aliphatic heterocycles. The fraction of sp³-hybridized carbons (Fsp3) is 0.333. The average Bonchev–Trinajstić information content (AvgIpc) is 2.71. The minimum Gasteiger partial charge on any atom is -0.495 e. The Kier molecular flexibility index (Phi) is 7.82. The number of rotatable bonds is 8. The quantitative estimate of drug-likeness (QED) is 0.683. The SMILES string of the molecule is COc1ccccc1NC(=O)[C@H](C)N(C)Cc1ccc(C(=O)NCC(F)(F)F)cc1. The molecule has 2 aromatic carbocycles. The lowest BCUT2D eigenvalue weighted by molar-refractivity contribution is -0.123. The molecule has 0 aliphatic carbocycles. The van der Waals surface area contributed by atoms with Gasteiger partial charge in [-0.2, -0.15) is 13.2 Å². The zero-order valence-electron chi connectivity index (χ0n) is 16.9. The third-order valence-corrected chi connectivity index (χ3v) is 4.50. The molecule has 0 bridgehead atoms. The Morgan fingerprint density at radius 1 is 1.10 bits per heavy atom. The largest absolute Gasteiger partial charge is 0.495 e. The van der Waals surface area contributed by atoms with Crippen molar-refractivity contribution in [3.05, 3.63) is 59.7 Å². The van der Waals surface area contributed by atoms with Gasteiger partial charge in [-0.25, -0.2) is 0 Å². The first-order valence-electron chi connectivity index (χ1n) is 9.18. The molecule has 0 aromatic heterocycles. The number of ether oxygens (including phenoxy) is 1. The average molecular weight is 423 g/mol. The summed E-state index contributed by atoms with van der Waals surface area (Å²) in [6.07, 6.45) is -4.46. The van der Waals surface area contributed by atoms with E-state index in [0.29, 0.717) is 18.0 Å². The van der Waals surface area contributed by atoms with Crippen LogP contribution in [0.15, 0.2) is 48.5 Å². The molecule has 2 aromatic rings. The number of hydrogen-bond donors (Lipinski definition) is 2. The number of likely N-dealkylation sites (N-methyl/N-ethyl adjacent to an activating group) is 1. The molecule has 0 radical (unpaired) electrons. The highest BCUT2D eigenvalue weighted by Gasteiger charge is 2.28. The van der Waals surface area contributed by atoms with Gasteiger partial charge in [-0.1, -0.05) is 24.3 Å². The van der Waals surface area contributed by atoms with Crippen molar-refractivity contribution in [1.82, 2.24) is 10.2 Å². The molecule has 0 saturated carbocycles. The van der Waals surface area contributed by atoms with Crippen molar-refractivity contribution in [2.75, 3.05) is 26.0 Å². The van der Waals surface area contributed by atoms with Crippen LogP contribution in [0.25, 0.3) is 0 Å². The predicted molar refractivity (Wildman–Crippen MR) is 107 cm³/mol. The standard InChI is InChI=1S/C21H24F3N3O3/c1-14(19(28)26-17-6-4-5-7-18(17)30-3)27(2)12-15-8-10-16(11-9-15)20(29)25-13-21(22,23)24/h4-11,14H,12-13H2,1-3H3,(H,25,29)(H,26,28)/t14-/m0/s1. The van der Waals surface area contributed by atoms with Gasteiger partial charge in [0.05, 0.1) is 18.8 Å². The first kappa shape index (κ1) is 23.2. The lowest BCUT2D eigenvalue weighted by atomic mass is 10.1. The summed E-state index contributed by atoms with van der Waals surface area (Å²) in [6, 6.07) is 12.8. The van der Waals surface area contributed by atoms with Crippen LogP contribution in [0.2, 0.25) is 0 Å². The van der Waals surface area contributed by atoms with E-state index in [1.807, 2.05) is 10.2 Å². The van der Waals surface area contributed by atoms with E-state index in [1.54, 1.807) is 50.4 Å². The molecule has 2 amide bonds. The van der Waals surface area contributed by atoms with Crippen LogP contribution in [0.4, 0.5) is 18.9 Å². The number of carbonyl (C=O) groups excluding carboxylic acids is 2. The second kappa shape index (κ2) is 10.1. The van der Waals surface area contributed by atoms with E-state index in [9.17, 15) is 22.8 Å². The monoisotopic (exact) mass is 423 g/mol. The lowest BCUT2D eigenvalue weighted by Gasteiger charge is -2.24. The molecular formula is C21H24F3N3O3. The van der Waals surface area contributed by atoms with E-state index in [2.05, 4.69) is 5.32 Å². The molecule has 0 heterocycles. The molecule has 0 fully saturated rings. The summed E-state index contributed by atoms with van der Waals surface area (Å²) in [6.45, 7) is 0.782. The van der Waals surface area contributed by atoms with Gasteiger partial charge in [0.2, 0.25) is 5.91 Å². The summed E-state index contributed by atoms with van der Waals surface area (Å²) < 4.78 is 41.8. The van der Waals surface area contributed by atoms with Crippen molar-refractivity contribution >= 4 is 17.5 Å². The number of para-hydroxylation sites is 2. The molecule has 0 saturated heterocycles. The van der Waals surface area contributed by atoms with Gasteiger partial charge in [0.15, 0.2) is 0 Å². The maximum atomic E-state index is 12.6. The second-order valence-corrected chi connectivity index (χ2v) is 6.78. The van der Waals surface area contributed by atoms with Crippen molar-refractivity contribution in [3.63, 3.8) is 0 Å². The maximum Gasteiger partial charge on any atom is 0.405 e. The summed E-state index contributed by atoms with van der Waals surface area (Å²) in [5, 5.41) is 4.65. The highest BCUT2D eigenvalue weighted by molar-refractivity contribution is 5.96. The Morgan fingerprint density at radius 3 is 2.33 bits per heavy atom. The highest BCUT2D eigenvalue weighted by Crippen LogP contribution is 2.23. The number of anilines is 1. The lowest BCUT2D eigenvalue weighted by Crippen LogP contribution is -2.39. The molecule has 30 heavy (non-hydrogen) atoms. The third kappa shape index (κ3) is 6.77. The fourth-order valence-corrected chi connectivity index (χ4v) is 2.65. The number of methoxy groups -OCH3 is 1. The first-order valence-corrected chi connectivity index (χ1v) is 9.18. The summed E-state index contributed by atoms with van der Waals surface area (Å²) in [5.74, 6) is -0.456. The van der Waals surface area contributed by atoms with E-state index in [1.165, 1.54) is 19.2 Å². The number of nitrogens with one attached hydrogen (secondary N) is 2. The van der Waals surface area contributed by atoms with Crippen molar-refractivity contribution < 1.29 is 27.5 Å². The minimum atomic E-state index is -4.46. The van der Waals surface area contributed by atoms with Gasteiger partial charge in [0, 0.05) is 12.1 Å². The molecule has 0 spiro atoms. The third-order valence-electron chi connectivity index (χ3n) is 4.50. The van der Waals surface area contributed by atoms with Crippen molar-refractivity contribution in [3.8, 4) is 5.75 Å². The van der Waals surface area contributed by atoms with E-state index in [0.717, 1.165) is 5.56 Å². The molecule has 6 nitrogen and oxygen atoms in total. The van der Waals surface area contributed by atoms with E-state index in [4.69, 9.17) is 4.74 Å². The van der Waals surface area contributed by atoms with Crippen molar-refractivity contribution in [2.24, 2.45) is 0 Å². The number of nitrogens with zero attached hydrogens (tertiary/aromatic N) is 1. The smallest absolute Gasteiger partial charge is 0.405 e. The van der Waals surface area contributed by atoms with Crippen LogP contribution in [0, 0.1) is 0 Å². The number of carbonyl (C=O) groups is 2. The van der Waals surface area contributed by atoms with Crippen molar-refractivity contribution in [1.29, 1.82) is 0 Å². The Labute approximate surface area is 173 Å². The number of alkyl halides is 3. The van der Waals surface area contributed by atoms with Crippen LogP contribution in [-0.4, -0.2) is 49.6 Å². The Hall–Kier alpha value is -3.07. The summed E-state index contributed by atoms with van der Waals surface area (Å²) in [5.41, 5.74) is 1.51. The number of halogens is 3. The molecule has 1 atom stereocenters. The zero-order chi connectivity index (χ0) is 22.3. The van der Waals surface area contributed by atoms with Gasteiger partial charge >= 0.3 is 6.18 Å². The van der Waals surface area contributed by atoms with Crippen LogP contribution < -0.4 is 15.4 Å². The number of benzene rings is 2.